The second kappa shape index (κ2) is 24.0. The van der Waals surface area contributed by atoms with Crippen molar-refractivity contribution in [2.75, 3.05) is 13.6 Å². The third kappa shape index (κ3) is 18.2. The number of nitrogens with two attached hydrogens (primary N) is 1. The Bertz CT molecular complexity index is 1350. The van der Waals surface area contributed by atoms with Crippen LogP contribution in [0.4, 0.5) is 0 Å². The first kappa shape index (κ1) is 41.8. The summed E-state index contributed by atoms with van der Waals surface area (Å²) in [7, 11) is 1.84. The van der Waals surface area contributed by atoms with Crippen LogP contribution in [0.1, 0.15) is 92.4 Å². The molecule has 3 atom stereocenters. The van der Waals surface area contributed by atoms with E-state index in [1.54, 1.807) is 24.0 Å². The normalized spacial score (nSPS) is 16.9. The van der Waals surface area contributed by atoms with Crippen molar-refractivity contribution in [1.82, 2.24) is 4.90 Å². The van der Waals surface area contributed by atoms with Crippen molar-refractivity contribution in [3.05, 3.63) is 108 Å². The molecular formula is C41H59N3O4. The third-order valence-electron chi connectivity index (χ3n) is 8.25. The van der Waals surface area contributed by atoms with E-state index in [2.05, 4.69) is 44.2 Å². The van der Waals surface area contributed by atoms with E-state index in [4.69, 9.17) is 11.1 Å². The standard InChI is InChI=1S/C41H59N3O4/c1-31(21-15-12-13-20-28-44(6)41(42)43)22-16-14-17-23-32(2)29-35(5)40(48)34(4)25-19-11-9-7-8-10-18-24-33(3)39(47)30-36-37(45)26-27-38(36)46/h7-12,15-16,18-19,22,24-25,29,31-32,34,45H,13-14,17,20-21,23,26-28,30H2,1-6H3,(H3,42,43)/b8-7+,11-9+,15-12+,18-10+,22-16+,25-19+,33-24+,35-29+. The van der Waals surface area contributed by atoms with Gasteiger partial charge >= 0.3 is 0 Å². The second-order valence-electron chi connectivity index (χ2n) is 12.8. The highest BCUT2D eigenvalue weighted by Gasteiger charge is 2.24. The number of carbonyl (C=O) groups excluding carboxylic acids is 3. The van der Waals surface area contributed by atoms with Gasteiger partial charge in [-0.25, -0.2) is 0 Å². The van der Waals surface area contributed by atoms with Gasteiger partial charge in [0.15, 0.2) is 23.3 Å². The summed E-state index contributed by atoms with van der Waals surface area (Å²) in [6.07, 6.45) is 34.3. The average molecular weight is 658 g/mol. The van der Waals surface area contributed by atoms with E-state index in [0.717, 1.165) is 50.6 Å². The molecular weight excluding hydrogens is 598 g/mol. The lowest BCUT2D eigenvalue weighted by atomic mass is 9.94. The quantitative estimate of drug-likeness (QED) is 0.0267. The lowest BCUT2D eigenvalue weighted by molar-refractivity contribution is -0.118. The molecule has 1 aliphatic rings. The summed E-state index contributed by atoms with van der Waals surface area (Å²) in [6.45, 7) is 10.7. The number of rotatable bonds is 22. The summed E-state index contributed by atoms with van der Waals surface area (Å²) in [5, 5.41) is 17.1. The molecule has 3 unspecified atom stereocenters. The Morgan fingerprint density at radius 1 is 0.875 bits per heavy atom. The van der Waals surface area contributed by atoms with Crippen LogP contribution in [0.5, 0.6) is 0 Å². The topological polar surface area (TPSA) is 125 Å². The Morgan fingerprint density at radius 2 is 1.52 bits per heavy atom. The number of hydrogen-bond donors (Lipinski definition) is 3. The molecule has 262 valence electrons. The van der Waals surface area contributed by atoms with Crippen LogP contribution in [0, 0.1) is 23.2 Å². The number of guanidine groups is 1. The van der Waals surface area contributed by atoms with Crippen molar-refractivity contribution in [1.29, 1.82) is 5.41 Å². The van der Waals surface area contributed by atoms with Crippen LogP contribution in [-0.4, -0.2) is 46.9 Å². The van der Waals surface area contributed by atoms with Gasteiger partial charge in [0.25, 0.3) is 0 Å². The maximum atomic E-state index is 12.8. The number of allylic oxidation sites excluding steroid dienone is 18. The van der Waals surface area contributed by atoms with E-state index in [9.17, 15) is 19.5 Å². The van der Waals surface area contributed by atoms with Gasteiger partial charge in [-0.3, -0.25) is 19.8 Å². The predicted molar refractivity (Wildman–Crippen MR) is 201 cm³/mol. The molecule has 0 aliphatic heterocycles. The van der Waals surface area contributed by atoms with Crippen LogP contribution in [0.25, 0.3) is 0 Å². The number of aliphatic hydroxyl groups excluding tert-OH is 1. The van der Waals surface area contributed by atoms with Crippen LogP contribution < -0.4 is 5.73 Å². The zero-order chi connectivity index (χ0) is 35.9. The van der Waals surface area contributed by atoms with Gasteiger partial charge in [-0.1, -0.05) is 106 Å². The summed E-state index contributed by atoms with van der Waals surface area (Å²) in [5.74, 6) is 0.619. The highest BCUT2D eigenvalue weighted by atomic mass is 16.3. The zero-order valence-electron chi connectivity index (χ0n) is 30.1. The molecule has 0 spiro atoms. The first-order valence-corrected chi connectivity index (χ1v) is 17.2. The zero-order valence-corrected chi connectivity index (χ0v) is 30.1. The monoisotopic (exact) mass is 657 g/mol. The van der Waals surface area contributed by atoms with E-state index in [1.807, 2.05) is 63.4 Å². The molecule has 0 saturated carbocycles. The minimum Gasteiger partial charge on any atom is -0.512 e. The van der Waals surface area contributed by atoms with E-state index >= 15 is 0 Å². The highest BCUT2D eigenvalue weighted by molar-refractivity contribution is 6.06. The van der Waals surface area contributed by atoms with Crippen LogP contribution in [0.15, 0.2) is 108 Å². The van der Waals surface area contributed by atoms with Crippen LogP contribution in [0.3, 0.4) is 0 Å². The Balaban J connectivity index is 2.33. The SMILES string of the molecule is C\C(=C/C=C/C=C/C=C/C=C/C(C)C(=O)/C(C)=C/C(C)CCC/C=C/C(C)C/C=C/CCCN(C)C(=N)N)C(=O)CC1=C(O)CCC1=O. The van der Waals surface area contributed by atoms with Gasteiger partial charge in [0.2, 0.25) is 0 Å². The van der Waals surface area contributed by atoms with Crippen LogP contribution in [0.2, 0.25) is 0 Å². The van der Waals surface area contributed by atoms with E-state index in [1.165, 1.54) is 0 Å². The Hall–Kier alpha value is -4.26. The van der Waals surface area contributed by atoms with Gasteiger partial charge < -0.3 is 15.7 Å². The van der Waals surface area contributed by atoms with Gasteiger partial charge in [-0.05, 0) is 75.4 Å². The highest BCUT2D eigenvalue weighted by Crippen LogP contribution is 2.24. The fourth-order valence-corrected chi connectivity index (χ4v) is 5.04. The molecule has 0 bridgehead atoms. The Kier molecular flexibility index (Phi) is 20.9. The van der Waals surface area contributed by atoms with Gasteiger partial charge in [-0.2, -0.15) is 0 Å². The van der Waals surface area contributed by atoms with Crippen LogP contribution in [-0.2, 0) is 14.4 Å². The molecule has 0 aromatic heterocycles. The number of nitrogens with one attached hydrogen (secondary N) is 1. The fourth-order valence-electron chi connectivity index (χ4n) is 5.04. The molecule has 7 heteroatoms. The number of unbranched alkanes of at least 4 members (excludes halogenated alkanes) is 2. The number of Topliss-reactive ketones (excluding diaryl/α,β-unsaturated/α-hetero) is 3. The summed E-state index contributed by atoms with van der Waals surface area (Å²) >= 11 is 0. The van der Waals surface area contributed by atoms with E-state index in [0.29, 0.717) is 23.8 Å². The number of carbonyl (C=O) groups is 3. The summed E-state index contributed by atoms with van der Waals surface area (Å²) < 4.78 is 0. The summed E-state index contributed by atoms with van der Waals surface area (Å²) in [5.41, 5.74) is 7.03. The Morgan fingerprint density at radius 3 is 2.17 bits per heavy atom. The van der Waals surface area contributed by atoms with Crippen LogP contribution >= 0.6 is 0 Å². The molecule has 0 aromatic carbocycles. The van der Waals surface area contributed by atoms with E-state index in [-0.39, 0.29) is 53.4 Å². The van der Waals surface area contributed by atoms with Crippen molar-refractivity contribution in [2.24, 2.45) is 23.5 Å². The summed E-state index contributed by atoms with van der Waals surface area (Å²) in [6, 6.07) is 0. The molecule has 1 rings (SSSR count). The van der Waals surface area contributed by atoms with Gasteiger partial charge in [0.05, 0.1) is 5.76 Å². The number of nitrogens with zero attached hydrogens (tertiary/aromatic N) is 1. The Labute approximate surface area is 289 Å². The first-order chi connectivity index (χ1) is 22.8. The van der Waals surface area contributed by atoms with Crippen molar-refractivity contribution in [3.8, 4) is 0 Å². The molecule has 0 fully saturated rings. The number of aliphatic hydroxyl groups is 1. The molecule has 7 nitrogen and oxygen atoms in total. The first-order valence-electron chi connectivity index (χ1n) is 17.2. The lowest BCUT2D eigenvalue weighted by Crippen LogP contribution is -2.33. The maximum absolute atomic E-state index is 12.8. The molecule has 0 saturated heterocycles. The minimum atomic E-state index is -0.204. The second-order valence-corrected chi connectivity index (χ2v) is 12.8. The molecule has 0 amide bonds. The smallest absolute Gasteiger partial charge is 0.188 e. The molecule has 0 aromatic rings. The third-order valence-corrected chi connectivity index (χ3v) is 8.25. The van der Waals surface area contributed by atoms with E-state index < -0.39 is 0 Å². The lowest BCUT2D eigenvalue weighted by Gasteiger charge is -2.15. The molecule has 0 radical (unpaired) electrons. The van der Waals surface area contributed by atoms with Gasteiger partial charge in [0, 0.05) is 44.3 Å². The number of hydrogen-bond acceptors (Lipinski definition) is 5. The van der Waals surface area contributed by atoms with Crippen molar-refractivity contribution in [2.45, 2.75) is 92.4 Å². The number of ketones is 3. The summed E-state index contributed by atoms with van der Waals surface area (Å²) in [4.78, 5) is 38.6. The largest absolute Gasteiger partial charge is 0.512 e. The fraction of sp³-hybridized carbons (Fsp3) is 0.463. The minimum absolute atomic E-state index is 0.0428. The molecule has 4 N–H and O–H groups in total. The average Bonchev–Trinajstić information content (AvgIpc) is 3.36. The predicted octanol–water partition coefficient (Wildman–Crippen LogP) is 8.99. The van der Waals surface area contributed by atoms with Gasteiger partial charge in [0.1, 0.15) is 0 Å². The van der Waals surface area contributed by atoms with Crippen molar-refractivity contribution < 1.29 is 19.5 Å². The maximum Gasteiger partial charge on any atom is 0.188 e. The molecule has 1 aliphatic carbocycles. The van der Waals surface area contributed by atoms with Crippen molar-refractivity contribution in [3.63, 3.8) is 0 Å². The van der Waals surface area contributed by atoms with Crippen molar-refractivity contribution >= 4 is 23.3 Å². The van der Waals surface area contributed by atoms with Gasteiger partial charge in [-0.15, -0.1) is 0 Å². The molecule has 0 heterocycles. The molecule has 48 heavy (non-hydrogen) atoms.